The van der Waals surface area contributed by atoms with Gasteiger partial charge >= 0.3 is 0 Å². The van der Waals surface area contributed by atoms with Crippen LogP contribution < -0.4 is 11.2 Å². The first-order valence-electron chi connectivity index (χ1n) is 4.83. The molecule has 0 heterocycles. The van der Waals surface area contributed by atoms with Gasteiger partial charge in [-0.25, -0.2) is 0 Å². The summed E-state index contributed by atoms with van der Waals surface area (Å²) in [6, 6.07) is 14.3. The summed E-state index contributed by atoms with van der Waals surface area (Å²) in [5.74, 6) is 0. The Morgan fingerprint density at radius 2 is 1.94 bits per heavy atom. The summed E-state index contributed by atoms with van der Waals surface area (Å²) in [4.78, 5) is 0. The van der Waals surface area contributed by atoms with Crippen molar-refractivity contribution >= 4 is 34.3 Å². The van der Waals surface area contributed by atoms with E-state index in [2.05, 4.69) is 47.0 Å². The topological polar surface area (TPSA) is 50.4 Å². The minimum absolute atomic E-state index is 0.164. The molecule has 2 rings (SSSR count). The summed E-state index contributed by atoms with van der Waals surface area (Å²) in [5, 5.41) is 6.46. The molecular weight excluding hydrogens is 218 g/mol. The highest BCUT2D eigenvalue weighted by Gasteiger charge is 1.93. The van der Waals surface area contributed by atoms with Crippen LogP contribution in [0.4, 0.5) is 0 Å². The number of nitrogens with one attached hydrogen (secondary N) is 1. The highest BCUT2D eigenvalue weighted by atomic mass is 32.1. The Balaban J connectivity index is 2.26. The van der Waals surface area contributed by atoms with Gasteiger partial charge in [-0.2, -0.15) is 5.10 Å². The number of hydrogen-bond acceptors (Lipinski definition) is 2. The van der Waals surface area contributed by atoms with Crippen molar-refractivity contribution in [2.24, 2.45) is 10.8 Å². The fourth-order valence-corrected chi connectivity index (χ4v) is 1.51. The van der Waals surface area contributed by atoms with E-state index in [1.54, 1.807) is 6.21 Å². The van der Waals surface area contributed by atoms with Crippen LogP contribution in [-0.4, -0.2) is 11.3 Å². The lowest BCUT2D eigenvalue weighted by Crippen LogP contribution is -2.23. The molecule has 0 aliphatic carbocycles. The fourth-order valence-electron chi connectivity index (χ4n) is 1.46. The largest absolute Gasteiger partial charge is 0.375 e. The van der Waals surface area contributed by atoms with Crippen molar-refractivity contribution in [2.45, 2.75) is 0 Å². The van der Waals surface area contributed by atoms with Gasteiger partial charge in [0.1, 0.15) is 0 Å². The van der Waals surface area contributed by atoms with E-state index in [1.807, 2.05) is 18.2 Å². The molecule has 3 nitrogen and oxygen atoms in total. The van der Waals surface area contributed by atoms with E-state index in [-0.39, 0.29) is 5.11 Å². The Morgan fingerprint density at radius 3 is 2.69 bits per heavy atom. The molecule has 0 bridgehead atoms. The molecule has 0 atom stereocenters. The van der Waals surface area contributed by atoms with Gasteiger partial charge in [-0.05, 0) is 34.6 Å². The van der Waals surface area contributed by atoms with Crippen LogP contribution in [0, 0.1) is 0 Å². The van der Waals surface area contributed by atoms with Crippen molar-refractivity contribution in [2.75, 3.05) is 0 Å². The van der Waals surface area contributed by atoms with Crippen LogP contribution in [0.2, 0.25) is 0 Å². The number of fused-ring (bicyclic) bond motifs is 1. The van der Waals surface area contributed by atoms with Crippen LogP contribution >= 0.6 is 12.2 Å². The zero-order valence-corrected chi connectivity index (χ0v) is 9.37. The highest BCUT2D eigenvalue weighted by Crippen LogP contribution is 2.14. The molecule has 0 saturated carbocycles. The minimum Gasteiger partial charge on any atom is -0.375 e. The van der Waals surface area contributed by atoms with Gasteiger partial charge in [0.2, 0.25) is 0 Å². The monoisotopic (exact) mass is 229 g/mol. The van der Waals surface area contributed by atoms with Crippen molar-refractivity contribution in [3.8, 4) is 0 Å². The average Bonchev–Trinajstić information content (AvgIpc) is 2.28. The van der Waals surface area contributed by atoms with Gasteiger partial charge in [0.25, 0.3) is 0 Å². The van der Waals surface area contributed by atoms with Crippen LogP contribution in [0.15, 0.2) is 47.6 Å². The molecule has 0 aromatic heterocycles. The van der Waals surface area contributed by atoms with E-state index >= 15 is 0 Å². The van der Waals surface area contributed by atoms with E-state index in [4.69, 9.17) is 5.73 Å². The number of nitrogens with two attached hydrogens (primary N) is 1. The maximum atomic E-state index is 5.25. The number of thiocarbonyl (C=S) groups is 1. The molecule has 3 N–H and O–H groups in total. The van der Waals surface area contributed by atoms with Crippen molar-refractivity contribution in [3.63, 3.8) is 0 Å². The summed E-state index contributed by atoms with van der Waals surface area (Å²) in [6.45, 7) is 0. The molecule has 2 aromatic rings. The van der Waals surface area contributed by atoms with Gasteiger partial charge in [0.05, 0.1) is 6.21 Å². The normalized spacial score (nSPS) is 10.8. The maximum absolute atomic E-state index is 5.25. The number of hydrazone groups is 1. The van der Waals surface area contributed by atoms with Crippen LogP contribution in [0.25, 0.3) is 10.8 Å². The molecular formula is C12H11N3S. The summed E-state index contributed by atoms with van der Waals surface area (Å²) < 4.78 is 0. The third kappa shape index (κ3) is 2.55. The predicted molar refractivity (Wildman–Crippen MR) is 71.5 cm³/mol. The third-order valence-corrected chi connectivity index (χ3v) is 2.25. The standard InChI is InChI=1S/C12H11N3S/c13-12(16)15-14-8-9-5-6-10-3-1-2-4-11(10)7-9/h1-8H,(H3,13,15,16)/b14-8-. The van der Waals surface area contributed by atoms with Crippen molar-refractivity contribution in [3.05, 3.63) is 48.0 Å². The molecule has 16 heavy (non-hydrogen) atoms. The van der Waals surface area contributed by atoms with Crippen LogP contribution in [0.1, 0.15) is 5.56 Å². The zero-order chi connectivity index (χ0) is 11.4. The number of benzene rings is 2. The zero-order valence-electron chi connectivity index (χ0n) is 8.55. The molecule has 0 radical (unpaired) electrons. The molecule has 0 aliphatic rings. The molecule has 0 amide bonds. The summed E-state index contributed by atoms with van der Waals surface area (Å²) in [5.41, 5.74) is 8.78. The second-order valence-corrected chi connectivity index (χ2v) is 3.78. The lowest BCUT2D eigenvalue weighted by atomic mass is 10.1. The summed E-state index contributed by atoms with van der Waals surface area (Å²) in [6.07, 6.45) is 1.69. The number of nitrogens with zero attached hydrogens (tertiary/aromatic N) is 1. The second kappa shape index (κ2) is 4.72. The SMILES string of the molecule is NC(=S)N/N=C\c1ccc2ccccc2c1. The van der Waals surface area contributed by atoms with Gasteiger partial charge in [-0.3, -0.25) is 5.43 Å². The second-order valence-electron chi connectivity index (χ2n) is 3.34. The first kappa shape index (κ1) is 10.6. The molecule has 0 unspecified atom stereocenters. The molecule has 0 saturated heterocycles. The van der Waals surface area contributed by atoms with E-state index in [1.165, 1.54) is 10.8 Å². The first-order chi connectivity index (χ1) is 7.75. The highest BCUT2D eigenvalue weighted by molar-refractivity contribution is 7.80. The quantitative estimate of drug-likeness (QED) is 0.470. The molecule has 0 spiro atoms. The van der Waals surface area contributed by atoms with Crippen molar-refractivity contribution in [1.29, 1.82) is 0 Å². The first-order valence-corrected chi connectivity index (χ1v) is 5.24. The Labute approximate surface area is 99.0 Å². The molecule has 0 fully saturated rings. The van der Waals surface area contributed by atoms with Crippen LogP contribution in [0.3, 0.4) is 0 Å². The van der Waals surface area contributed by atoms with Gasteiger partial charge in [-0.1, -0.05) is 36.4 Å². The lowest BCUT2D eigenvalue weighted by Gasteiger charge is -1.99. The third-order valence-electron chi connectivity index (χ3n) is 2.16. The van der Waals surface area contributed by atoms with Crippen molar-refractivity contribution in [1.82, 2.24) is 5.43 Å². The van der Waals surface area contributed by atoms with E-state index < -0.39 is 0 Å². The fraction of sp³-hybridized carbons (Fsp3) is 0. The lowest BCUT2D eigenvalue weighted by molar-refractivity contribution is 1.04. The van der Waals surface area contributed by atoms with Gasteiger partial charge < -0.3 is 5.73 Å². The number of hydrogen-bond donors (Lipinski definition) is 2. The Hall–Kier alpha value is -1.94. The van der Waals surface area contributed by atoms with Gasteiger partial charge in [-0.15, -0.1) is 0 Å². The smallest absolute Gasteiger partial charge is 0.184 e. The number of rotatable bonds is 2. The molecule has 80 valence electrons. The predicted octanol–water partition coefficient (Wildman–Crippen LogP) is 2.01. The summed E-state index contributed by atoms with van der Waals surface area (Å²) >= 11 is 4.64. The van der Waals surface area contributed by atoms with E-state index in [0.29, 0.717) is 0 Å². The van der Waals surface area contributed by atoms with E-state index in [9.17, 15) is 0 Å². The van der Waals surface area contributed by atoms with Crippen molar-refractivity contribution < 1.29 is 0 Å². The molecule has 4 heteroatoms. The Bertz CT molecular complexity index is 549. The minimum atomic E-state index is 0.164. The molecule has 2 aromatic carbocycles. The molecule has 0 aliphatic heterocycles. The van der Waals surface area contributed by atoms with E-state index in [0.717, 1.165) is 5.56 Å². The maximum Gasteiger partial charge on any atom is 0.184 e. The summed E-state index contributed by atoms with van der Waals surface area (Å²) in [7, 11) is 0. The van der Waals surface area contributed by atoms with Gasteiger partial charge in [0.15, 0.2) is 5.11 Å². The van der Waals surface area contributed by atoms with Crippen LogP contribution in [-0.2, 0) is 0 Å². The Kier molecular flexibility index (Phi) is 3.12. The Morgan fingerprint density at radius 1 is 1.19 bits per heavy atom. The van der Waals surface area contributed by atoms with Crippen LogP contribution in [0.5, 0.6) is 0 Å². The average molecular weight is 229 g/mol. The van der Waals surface area contributed by atoms with Gasteiger partial charge in [0, 0.05) is 0 Å².